The minimum atomic E-state index is -3.71. The Balaban J connectivity index is 1.49. The number of carbonyl (C=O) groups is 1. The highest BCUT2D eigenvalue weighted by Crippen LogP contribution is 2.34. The summed E-state index contributed by atoms with van der Waals surface area (Å²) >= 11 is 0. The van der Waals surface area contributed by atoms with Gasteiger partial charge in [0, 0.05) is 18.7 Å². The lowest BCUT2D eigenvalue weighted by atomic mass is 9.80. The summed E-state index contributed by atoms with van der Waals surface area (Å²) in [6, 6.07) is 14.3. The van der Waals surface area contributed by atoms with E-state index in [4.69, 9.17) is 4.74 Å². The Morgan fingerprint density at radius 3 is 2.77 bits per heavy atom. The number of aryl methyl sites for hydroxylation is 1. The maximum atomic E-state index is 13.0. The number of ether oxygens (including phenoxy) is 1. The molecular weight excluding hydrogens is 400 g/mol. The van der Waals surface area contributed by atoms with Crippen LogP contribution in [0.1, 0.15) is 53.7 Å². The van der Waals surface area contributed by atoms with Crippen LogP contribution in [0.2, 0.25) is 0 Å². The van der Waals surface area contributed by atoms with Crippen molar-refractivity contribution in [2.24, 2.45) is 5.92 Å². The molecule has 1 aliphatic heterocycles. The number of sulfonamides is 1. The molecule has 0 saturated carbocycles. The summed E-state index contributed by atoms with van der Waals surface area (Å²) in [7, 11) is -3.71. The first-order valence-electron chi connectivity index (χ1n) is 10.5. The van der Waals surface area contributed by atoms with Crippen LogP contribution in [-0.2, 0) is 21.2 Å². The zero-order valence-corrected chi connectivity index (χ0v) is 18.0. The predicted octanol–water partition coefficient (Wildman–Crippen LogP) is 3.20. The van der Waals surface area contributed by atoms with Gasteiger partial charge in [-0.3, -0.25) is 4.79 Å². The second kappa shape index (κ2) is 8.88. The van der Waals surface area contributed by atoms with Gasteiger partial charge < -0.3 is 10.1 Å². The van der Waals surface area contributed by atoms with E-state index >= 15 is 0 Å². The summed E-state index contributed by atoms with van der Waals surface area (Å²) in [6.07, 6.45) is 3.73. The molecule has 0 bridgehead atoms. The van der Waals surface area contributed by atoms with Crippen LogP contribution >= 0.6 is 0 Å². The molecular formula is C23H28N2O4S. The summed E-state index contributed by atoms with van der Waals surface area (Å²) in [5.41, 5.74) is 2.74. The molecule has 0 unspecified atom stereocenters. The lowest BCUT2D eigenvalue weighted by Gasteiger charge is -2.32. The van der Waals surface area contributed by atoms with Gasteiger partial charge in [0.2, 0.25) is 10.0 Å². The van der Waals surface area contributed by atoms with Gasteiger partial charge in [0.05, 0.1) is 17.0 Å². The zero-order chi connectivity index (χ0) is 21.1. The van der Waals surface area contributed by atoms with Crippen molar-refractivity contribution in [3.63, 3.8) is 0 Å². The van der Waals surface area contributed by atoms with Crippen LogP contribution in [0.15, 0.2) is 53.4 Å². The highest BCUT2D eigenvalue weighted by Gasteiger charge is 2.28. The van der Waals surface area contributed by atoms with Crippen molar-refractivity contribution >= 4 is 15.9 Å². The molecule has 2 aliphatic rings. The largest absolute Gasteiger partial charge is 0.377 e. The number of rotatable bonds is 6. The number of fused-ring (bicyclic) bond motifs is 1. The molecule has 0 aromatic heterocycles. The molecule has 160 valence electrons. The highest BCUT2D eigenvalue weighted by atomic mass is 32.2. The molecule has 7 heteroatoms. The van der Waals surface area contributed by atoms with E-state index < -0.39 is 10.0 Å². The van der Waals surface area contributed by atoms with Crippen LogP contribution in [0.3, 0.4) is 0 Å². The molecule has 1 fully saturated rings. The van der Waals surface area contributed by atoms with Crippen molar-refractivity contribution in [2.45, 2.75) is 49.6 Å². The third kappa shape index (κ3) is 4.58. The van der Waals surface area contributed by atoms with Gasteiger partial charge in [0.1, 0.15) is 0 Å². The summed E-state index contributed by atoms with van der Waals surface area (Å²) < 4.78 is 33.4. The van der Waals surface area contributed by atoms with Crippen LogP contribution in [0.25, 0.3) is 0 Å². The Bertz CT molecular complexity index is 1020. The average molecular weight is 429 g/mol. The quantitative estimate of drug-likeness (QED) is 0.740. The fraction of sp³-hybridized carbons (Fsp3) is 0.435. The number of amides is 1. The van der Waals surface area contributed by atoms with E-state index in [1.54, 1.807) is 12.1 Å². The van der Waals surface area contributed by atoms with Gasteiger partial charge in [0.15, 0.2) is 0 Å². The lowest BCUT2D eigenvalue weighted by Crippen LogP contribution is -2.35. The number of carbonyl (C=O) groups excluding carboxylic acids is 1. The van der Waals surface area contributed by atoms with Crippen LogP contribution in [0, 0.1) is 5.92 Å². The monoisotopic (exact) mass is 428 g/mol. The first-order chi connectivity index (χ1) is 14.4. The topological polar surface area (TPSA) is 84.5 Å². The molecule has 1 heterocycles. The van der Waals surface area contributed by atoms with E-state index in [1.165, 1.54) is 17.7 Å². The first kappa shape index (κ1) is 21.0. The highest BCUT2D eigenvalue weighted by molar-refractivity contribution is 7.89. The molecule has 2 N–H and O–H groups in total. The van der Waals surface area contributed by atoms with Crippen LogP contribution in [0.4, 0.5) is 0 Å². The van der Waals surface area contributed by atoms with Gasteiger partial charge in [-0.1, -0.05) is 37.3 Å². The normalized spacial score (nSPS) is 23.7. The van der Waals surface area contributed by atoms with Crippen molar-refractivity contribution < 1.29 is 17.9 Å². The fourth-order valence-corrected chi connectivity index (χ4v) is 5.37. The number of hydrogen-bond donors (Lipinski definition) is 2. The zero-order valence-electron chi connectivity index (χ0n) is 17.1. The second-order valence-electron chi connectivity index (χ2n) is 8.18. The smallest absolute Gasteiger partial charge is 0.251 e. The van der Waals surface area contributed by atoms with E-state index in [2.05, 4.69) is 29.1 Å². The second-order valence-corrected chi connectivity index (χ2v) is 9.95. The van der Waals surface area contributed by atoms with Crippen LogP contribution in [0.5, 0.6) is 0 Å². The fourth-order valence-electron chi connectivity index (χ4n) is 4.26. The Morgan fingerprint density at radius 1 is 1.13 bits per heavy atom. The third-order valence-electron chi connectivity index (χ3n) is 6.05. The summed E-state index contributed by atoms with van der Waals surface area (Å²) in [5.74, 6) is 0.0450. The van der Waals surface area contributed by atoms with Gasteiger partial charge in [0.25, 0.3) is 5.91 Å². The molecule has 2 aromatic rings. The summed E-state index contributed by atoms with van der Waals surface area (Å²) in [5, 5.41) is 3.12. The van der Waals surface area contributed by atoms with Crippen molar-refractivity contribution in [3.8, 4) is 0 Å². The Morgan fingerprint density at radius 2 is 1.97 bits per heavy atom. The average Bonchev–Trinajstić information content (AvgIpc) is 3.28. The number of nitrogens with one attached hydrogen (secondary N) is 2. The Hall–Kier alpha value is -2.22. The van der Waals surface area contributed by atoms with Crippen LogP contribution < -0.4 is 10.0 Å². The van der Waals surface area contributed by atoms with E-state index in [9.17, 15) is 13.2 Å². The summed E-state index contributed by atoms with van der Waals surface area (Å²) in [4.78, 5) is 13.1. The minimum Gasteiger partial charge on any atom is -0.377 e. The maximum Gasteiger partial charge on any atom is 0.251 e. The predicted molar refractivity (Wildman–Crippen MR) is 115 cm³/mol. The molecule has 4 rings (SSSR count). The van der Waals surface area contributed by atoms with Gasteiger partial charge in [-0.2, -0.15) is 0 Å². The van der Waals surface area contributed by atoms with Crippen molar-refractivity contribution in [2.75, 3.05) is 13.2 Å². The Labute approximate surface area is 178 Å². The SMILES string of the molecule is C[C@@H]1CCc2ccccc2[C@H]1NC(=O)c1cccc(S(=O)(=O)NC[C@H]2CCCO2)c1. The minimum absolute atomic E-state index is 0.0830. The van der Waals surface area contributed by atoms with Gasteiger partial charge in [-0.05, 0) is 60.9 Å². The van der Waals surface area contributed by atoms with Gasteiger partial charge >= 0.3 is 0 Å². The van der Waals surface area contributed by atoms with Gasteiger partial charge in [-0.25, -0.2) is 13.1 Å². The molecule has 1 saturated heterocycles. The van der Waals surface area contributed by atoms with Crippen molar-refractivity contribution in [1.29, 1.82) is 0 Å². The van der Waals surface area contributed by atoms with Crippen LogP contribution in [-0.4, -0.2) is 33.6 Å². The molecule has 3 atom stereocenters. The van der Waals surface area contributed by atoms with Crippen molar-refractivity contribution in [3.05, 3.63) is 65.2 Å². The third-order valence-corrected chi connectivity index (χ3v) is 7.47. The Kier molecular flexibility index (Phi) is 6.22. The van der Waals surface area contributed by atoms with E-state index in [1.807, 2.05) is 12.1 Å². The van der Waals surface area contributed by atoms with Gasteiger partial charge in [-0.15, -0.1) is 0 Å². The standard InChI is InChI=1S/C23H28N2O4S/c1-16-11-12-17-6-2-3-10-21(17)22(16)25-23(26)18-7-4-9-20(14-18)30(27,28)24-15-19-8-5-13-29-19/h2-4,6-7,9-10,14,16,19,22,24H,5,8,11-13,15H2,1H3,(H,25,26)/t16-,19-,22+/m1/s1. The maximum absolute atomic E-state index is 13.0. The molecule has 1 amide bonds. The summed E-state index contributed by atoms with van der Waals surface area (Å²) in [6.45, 7) is 3.05. The molecule has 0 radical (unpaired) electrons. The lowest BCUT2D eigenvalue weighted by molar-refractivity contribution is 0.0919. The number of hydrogen-bond acceptors (Lipinski definition) is 4. The van der Waals surface area contributed by atoms with E-state index in [-0.39, 0.29) is 29.5 Å². The van der Waals surface area contributed by atoms with E-state index in [0.717, 1.165) is 31.2 Å². The molecule has 6 nitrogen and oxygen atoms in total. The van der Waals surface area contributed by atoms with E-state index in [0.29, 0.717) is 18.1 Å². The first-order valence-corrected chi connectivity index (χ1v) is 12.0. The molecule has 1 aliphatic carbocycles. The molecule has 2 aromatic carbocycles. The van der Waals surface area contributed by atoms with Crippen molar-refractivity contribution in [1.82, 2.24) is 10.0 Å². The molecule has 30 heavy (non-hydrogen) atoms. The number of benzene rings is 2. The molecule has 0 spiro atoms.